The van der Waals surface area contributed by atoms with Gasteiger partial charge in [-0.2, -0.15) is 0 Å². The average molecular weight is 324 g/mol. The first-order chi connectivity index (χ1) is 11.8. The highest BCUT2D eigenvalue weighted by Crippen LogP contribution is 2.27. The molecule has 1 amide bonds. The van der Waals surface area contributed by atoms with Crippen molar-refractivity contribution in [2.75, 3.05) is 19.6 Å². The van der Waals surface area contributed by atoms with Crippen molar-refractivity contribution in [2.24, 2.45) is 0 Å². The number of carbonyl (C=O) groups excluding carboxylic acids is 1. The van der Waals surface area contributed by atoms with Crippen molar-refractivity contribution in [1.29, 1.82) is 0 Å². The number of carbonyl (C=O) groups is 1. The van der Waals surface area contributed by atoms with Crippen LogP contribution in [0, 0.1) is 0 Å². The summed E-state index contributed by atoms with van der Waals surface area (Å²) >= 11 is 0. The summed E-state index contributed by atoms with van der Waals surface area (Å²) in [6.07, 6.45) is 4.20. The molecule has 1 aromatic heterocycles. The van der Waals surface area contributed by atoms with E-state index in [1.54, 1.807) is 0 Å². The highest BCUT2D eigenvalue weighted by Gasteiger charge is 2.27. The SMILES string of the molecule is O=C1NCCCc2[nH]c([C@@H]3CCCN(Cc4ccccc4)C3)nc21. The lowest BCUT2D eigenvalue weighted by molar-refractivity contribution is 0.0951. The molecule has 24 heavy (non-hydrogen) atoms. The Bertz CT molecular complexity index is 709. The lowest BCUT2D eigenvalue weighted by Gasteiger charge is -2.31. The maximum atomic E-state index is 12.1. The Balaban J connectivity index is 1.48. The summed E-state index contributed by atoms with van der Waals surface area (Å²) in [7, 11) is 0. The average Bonchev–Trinajstić information content (AvgIpc) is 2.97. The first-order valence-corrected chi connectivity index (χ1v) is 8.93. The minimum Gasteiger partial charge on any atom is -0.351 e. The highest BCUT2D eigenvalue weighted by atomic mass is 16.1. The molecule has 0 aliphatic carbocycles. The Morgan fingerprint density at radius 1 is 1.21 bits per heavy atom. The zero-order chi connectivity index (χ0) is 16.4. The molecule has 4 rings (SSSR count). The summed E-state index contributed by atoms with van der Waals surface area (Å²) < 4.78 is 0. The van der Waals surface area contributed by atoms with Crippen LogP contribution in [0.25, 0.3) is 0 Å². The Hall–Kier alpha value is -2.14. The fraction of sp³-hybridized carbons (Fsp3) is 0.474. The van der Waals surface area contributed by atoms with E-state index in [2.05, 4.69) is 50.5 Å². The topological polar surface area (TPSA) is 61.0 Å². The molecule has 1 saturated heterocycles. The van der Waals surface area contributed by atoms with Crippen molar-refractivity contribution in [3.05, 3.63) is 53.1 Å². The van der Waals surface area contributed by atoms with Crippen molar-refractivity contribution < 1.29 is 4.79 Å². The summed E-state index contributed by atoms with van der Waals surface area (Å²) in [5, 5.41) is 2.93. The summed E-state index contributed by atoms with van der Waals surface area (Å²) in [5.41, 5.74) is 2.98. The van der Waals surface area contributed by atoms with Crippen LogP contribution in [-0.2, 0) is 13.0 Å². The van der Waals surface area contributed by atoms with Gasteiger partial charge in [-0.15, -0.1) is 0 Å². The number of hydrogen-bond donors (Lipinski definition) is 2. The molecule has 1 aromatic carbocycles. The van der Waals surface area contributed by atoms with Crippen molar-refractivity contribution in [1.82, 2.24) is 20.2 Å². The molecule has 3 heterocycles. The number of aromatic nitrogens is 2. The van der Waals surface area contributed by atoms with Crippen LogP contribution in [0.2, 0.25) is 0 Å². The molecule has 126 valence electrons. The van der Waals surface area contributed by atoms with E-state index in [-0.39, 0.29) is 5.91 Å². The second-order valence-corrected chi connectivity index (χ2v) is 6.87. The first-order valence-electron chi connectivity index (χ1n) is 8.93. The van der Waals surface area contributed by atoms with E-state index >= 15 is 0 Å². The molecule has 5 nitrogen and oxygen atoms in total. The third-order valence-corrected chi connectivity index (χ3v) is 5.04. The quantitative estimate of drug-likeness (QED) is 0.912. The number of imidazole rings is 1. The molecule has 5 heteroatoms. The van der Waals surface area contributed by atoms with Gasteiger partial charge >= 0.3 is 0 Å². The molecule has 0 unspecified atom stereocenters. The van der Waals surface area contributed by atoms with Crippen LogP contribution in [0.1, 0.15) is 52.8 Å². The van der Waals surface area contributed by atoms with Gasteiger partial charge in [-0.1, -0.05) is 30.3 Å². The molecule has 0 saturated carbocycles. The molecular weight excluding hydrogens is 300 g/mol. The van der Waals surface area contributed by atoms with Gasteiger partial charge in [-0.05, 0) is 37.8 Å². The van der Waals surface area contributed by atoms with Crippen molar-refractivity contribution >= 4 is 5.91 Å². The Morgan fingerprint density at radius 3 is 2.96 bits per heavy atom. The molecule has 2 N–H and O–H groups in total. The van der Waals surface area contributed by atoms with Gasteiger partial charge in [-0.3, -0.25) is 9.69 Å². The molecule has 0 spiro atoms. The van der Waals surface area contributed by atoms with Gasteiger partial charge in [0.05, 0.1) is 0 Å². The number of fused-ring (bicyclic) bond motifs is 1. The van der Waals surface area contributed by atoms with Crippen LogP contribution >= 0.6 is 0 Å². The van der Waals surface area contributed by atoms with E-state index in [4.69, 9.17) is 0 Å². The van der Waals surface area contributed by atoms with Crippen molar-refractivity contribution in [3.8, 4) is 0 Å². The van der Waals surface area contributed by atoms with Gasteiger partial charge in [0.25, 0.3) is 5.91 Å². The monoisotopic (exact) mass is 324 g/mol. The number of likely N-dealkylation sites (tertiary alicyclic amines) is 1. The second-order valence-electron chi connectivity index (χ2n) is 6.87. The van der Waals surface area contributed by atoms with Crippen molar-refractivity contribution in [2.45, 2.75) is 38.1 Å². The fourth-order valence-electron chi connectivity index (χ4n) is 3.81. The summed E-state index contributed by atoms with van der Waals surface area (Å²) in [5.74, 6) is 1.36. The van der Waals surface area contributed by atoms with Gasteiger partial charge in [0.1, 0.15) is 11.5 Å². The number of H-pyrrole nitrogens is 1. The minimum atomic E-state index is -0.0260. The summed E-state index contributed by atoms with van der Waals surface area (Å²) in [6.45, 7) is 3.86. The summed E-state index contributed by atoms with van der Waals surface area (Å²) in [4.78, 5) is 22.7. The molecule has 1 fully saturated rings. The van der Waals surface area contributed by atoms with E-state index in [0.29, 0.717) is 11.6 Å². The number of amides is 1. The third kappa shape index (κ3) is 3.22. The second kappa shape index (κ2) is 6.77. The maximum absolute atomic E-state index is 12.1. The van der Waals surface area contributed by atoms with Crippen LogP contribution in [0.4, 0.5) is 0 Å². The lowest BCUT2D eigenvalue weighted by Crippen LogP contribution is -2.34. The maximum Gasteiger partial charge on any atom is 0.271 e. The van der Waals surface area contributed by atoms with Gasteiger partial charge in [-0.25, -0.2) is 4.98 Å². The predicted octanol–water partition coefficient (Wildman–Crippen LogP) is 2.47. The number of rotatable bonds is 3. The smallest absolute Gasteiger partial charge is 0.271 e. The van der Waals surface area contributed by atoms with Gasteiger partial charge in [0, 0.05) is 31.2 Å². The van der Waals surface area contributed by atoms with Crippen LogP contribution in [0.15, 0.2) is 30.3 Å². The van der Waals surface area contributed by atoms with E-state index in [9.17, 15) is 4.79 Å². The van der Waals surface area contributed by atoms with E-state index in [0.717, 1.165) is 57.0 Å². The molecule has 2 aliphatic heterocycles. The minimum absolute atomic E-state index is 0.0260. The number of hydrogen-bond acceptors (Lipinski definition) is 3. The third-order valence-electron chi connectivity index (χ3n) is 5.04. The first kappa shape index (κ1) is 15.4. The van der Waals surface area contributed by atoms with Crippen LogP contribution in [0.5, 0.6) is 0 Å². The number of nitrogens with zero attached hydrogens (tertiary/aromatic N) is 2. The predicted molar refractivity (Wildman–Crippen MR) is 92.9 cm³/mol. The molecule has 0 radical (unpaired) electrons. The Labute approximate surface area is 142 Å². The molecule has 2 aromatic rings. The van der Waals surface area contributed by atoms with E-state index in [1.165, 1.54) is 12.0 Å². The molecular formula is C19H24N4O. The lowest BCUT2D eigenvalue weighted by atomic mass is 9.97. The molecule has 1 atom stereocenters. The Kier molecular flexibility index (Phi) is 4.34. The number of aryl methyl sites for hydroxylation is 1. The van der Waals surface area contributed by atoms with Gasteiger partial charge < -0.3 is 10.3 Å². The normalized spacial score (nSPS) is 21.8. The fourth-order valence-corrected chi connectivity index (χ4v) is 3.81. The molecule has 0 bridgehead atoms. The number of nitrogens with one attached hydrogen (secondary N) is 2. The van der Waals surface area contributed by atoms with Gasteiger partial charge in [0.15, 0.2) is 0 Å². The Morgan fingerprint density at radius 2 is 2.08 bits per heavy atom. The van der Waals surface area contributed by atoms with Crippen LogP contribution < -0.4 is 5.32 Å². The van der Waals surface area contributed by atoms with Crippen LogP contribution in [0.3, 0.4) is 0 Å². The number of piperidine rings is 1. The van der Waals surface area contributed by atoms with Crippen LogP contribution in [-0.4, -0.2) is 40.4 Å². The zero-order valence-electron chi connectivity index (χ0n) is 13.9. The molecule has 2 aliphatic rings. The standard InChI is InChI=1S/C19H24N4O/c24-19-17-16(9-4-10-20-19)21-18(22-17)15-8-5-11-23(13-15)12-14-6-2-1-3-7-14/h1-3,6-7,15H,4-5,8-13H2,(H,20,24)(H,21,22)/t15-/m1/s1. The number of aromatic amines is 1. The van der Waals surface area contributed by atoms with E-state index in [1.807, 2.05) is 0 Å². The largest absolute Gasteiger partial charge is 0.351 e. The highest BCUT2D eigenvalue weighted by molar-refractivity contribution is 5.93. The van der Waals surface area contributed by atoms with Crippen molar-refractivity contribution in [3.63, 3.8) is 0 Å². The summed E-state index contributed by atoms with van der Waals surface area (Å²) in [6, 6.07) is 10.6. The zero-order valence-corrected chi connectivity index (χ0v) is 13.9. The number of benzene rings is 1. The van der Waals surface area contributed by atoms with Gasteiger partial charge in [0.2, 0.25) is 0 Å². The van der Waals surface area contributed by atoms with E-state index < -0.39 is 0 Å².